The van der Waals surface area contributed by atoms with Crippen molar-refractivity contribution in [3.05, 3.63) is 18.1 Å². The second-order valence-corrected chi connectivity index (χ2v) is 6.52. The van der Waals surface area contributed by atoms with Gasteiger partial charge in [-0.2, -0.15) is 0 Å². The Balaban J connectivity index is 2.38. The van der Waals surface area contributed by atoms with Gasteiger partial charge in [-0.3, -0.25) is 0 Å². The van der Waals surface area contributed by atoms with Crippen LogP contribution in [0.3, 0.4) is 0 Å². The molecule has 1 heterocycles. The summed E-state index contributed by atoms with van der Waals surface area (Å²) in [5.41, 5.74) is -0.125. The van der Waals surface area contributed by atoms with E-state index in [2.05, 4.69) is 26.1 Å². The standard InChI is InChI=1S/C15H27NO2S/c1-5-15(11-17,16-12(2)3)8-6-10-19-14-7-9-18-13(14)4/h7,9,12,16-17H,5-6,8,10-11H2,1-4H3. The molecule has 0 amide bonds. The van der Waals surface area contributed by atoms with Crippen molar-refractivity contribution in [3.8, 4) is 0 Å². The van der Waals surface area contributed by atoms with Gasteiger partial charge >= 0.3 is 0 Å². The Hall–Kier alpha value is -0.450. The summed E-state index contributed by atoms with van der Waals surface area (Å²) in [7, 11) is 0. The monoisotopic (exact) mass is 285 g/mol. The predicted octanol–water partition coefficient (Wildman–Crippen LogP) is 3.60. The summed E-state index contributed by atoms with van der Waals surface area (Å²) in [6.45, 7) is 8.59. The lowest BCUT2D eigenvalue weighted by molar-refractivity contribution is 0.137. The van der Waals surface area contributed by atoms with Gasteiger partial charge < -0.3 is 14.8 Å². The van der Waals surface area contributed by atoms with Crippen LogP contribution in [0.4, 0.5) is 0 Å². The lowest BCUT2D eigenvalue weighted by atomic mass is 9.91. The first kappa shape index (κ1) is 16.6. The summed E-state index contributed by atoms with van der Waals surface area (Å²) in [5, 5.41) is 13.2. The summed E-state index contributed by atoms with van der Waals surface area (Å²) in [5.74, 6) is 2.05. The summed E-state index contributed by atoms with van der Waals surface area (Å²) >= 11 is 1.83. The van der Waals surface area contributed by atoms with Gasteiger partial charge in [-0.15, -0.1) is 11.8 Å². The Labute approximate surface area is 121 Å². The normalized spacial score (nSPS) is 14.8. The third kappa shape index (κ3) is 5.21. The fourth-order valence-electron chi connectivity index (χ4n) is 2.32. The lowest BCUT2D eigenvalue weighted by Gasteiger charge is -2.34. The molecule has 19 heavy (non-hydrogen) atoms. The highest BCUT2D eigenvalue weighted by Gasteiger charge is 2.27. The van der Waals surface area contributed by atoms with Gasteiger partial charge in [0.25, 0.3) is 0 Å². The maximum absolute atomic E-state index is 9.67. The van der Waals surface area contributed by atoms with Crippen LogP contribution < -0.4 is 5.32 Å². The Morgan fingerprint density at radius 2 is 2.21 bits per heavy atom. The zero-order chi connectivity index (χ0) is 14.3. The minimum atomic E-state index is -0.125. The van der Waals surface area contributed by atoms with Crippen molar-refractivity contribution in [3.63, 3.8) is 0 Å². The van der Waals surface area contributed by atoms with Crippen molar-refractivity contribution < 1.29 is 9.52 Å². The van der Waals surface area contributed by atoms with E-state index in [1.165, 1.54) is 4.90 Å². The van der Waals surface area contributed by atoms with E-state index in [0.29, 0.717) is 6.04 Å². The molecule has 1 aromatic rings. The van der Waals surface area contributed by atoms with Crippen LogP contribution in [0.15, 0.2) is 21.6 Å². The fraction of sp³-hybridized carbons (Fsp3) is 0.733. The summed E-state index contributed by atoms with van der Waals surface area (Å²) in [4.78, 5) is 1.22. The van der Waals surface area contributed by atoms with Gasteiger partial charge in [0, 0.05) is 16.5 Å². The molecular formula is C15H27NO2S. The van der Waals surface area contributed by atoms with Crippen molar-refractivity contribution in [2.24, 2.45) is 0 Å². The van der Waals surface area contributed by atoms with Crippen LogP contribution in [0.2, 0.25) is 0 Å². The molecule has 0 aliphatic carbocycles. The second kappa shape index (κ2) is 7.98. The SMILES string of the molecule is CCC(CO)(CCCSc1ccoc1C)NC(C)C. The summed E-state index contributed by atoms with van der Waals surface area (Å²) in [6, 6.07) is 2.42. The first-order valence-electron chi connectivity index (χ1n) is 7.08. The molecule has 0 saturated carbocycles. The van der Waals surface area contributed by atoms with Gasteiger partial charge in [0.1, 0.15) is 5.76 Å². The van der Waals surface area contributed by atoms with E-state index in [4.69, 9.17) is 4.42 Å². The van der Waals surface area contributed by atoms with Crippen molar-refractivity contribution in [1.82, 2.24) is 5.32 Å². The van der Waals surface area contributed by atoms with Crippen molar-refractivity contribution in [1.29, 1.82) is 0 Å². The Morgan fingerprint density at radius 1 is 1.47 bits per heavy atom. The molecule has 1 unspecified atom stereocenters. The molecule has 1 atom stereocenters. The number of aliphatic hydroxyl groups is 1. The lowest BCUT2D eigenvalue weighted by Crippen LogP contribution is -2.51. The molecule has 1 aromatic heterocycles. The highest BCUT2D eigenvalue weighted by Crippen LogP contribution is 2.26. The van der Waals surface area contributed by atoms with Crippen molar-refractivity contribution in [2.75, 3.05) is 12.4 Å². The van der Waals surface area contributed by atoms with E-state index >= 15 is 0 Å². The minimum absolute atomic E-state index is 0.125. The molecule has 2 N–H and O–H groups in total. The average Bonchev–Trinajstić information content (AvgIpc) is 2.78. The fourth-order valence-corrected chi connectivity index (χ4v) is 3.23. The summed E-state index contributed by atoms with van der Waals surface area (Å²) in [6.07, 6.45) is 4.78. The van der Waals surface area contributed by atoms with Gasteiger partial charge in [0.2, 0.25) is 0 Å². The highest BCUT2D eigenvalue weighted by molar-refractivity contribution is 7.99. The van der Waals surface area contributed by atoms with Gasteiger partial charge in [-0.05, 0) is 38.0 Å². The van der Waals surface area contributed by atoms with E-state index in [1.807, 2.05) is 24.8 Å². The maximum atomic E-state index is 9.67. The number of nitrogens with one attached hydrogen (secondary N) is 1. The van der Waals surface area contributed by atoms with Crippen LogP contribution in [-0.2, 0) is 0 Å². The van der Waals surface area contributed by atoms with Crippen LogP contribution in [0, 0.1) is 6.92 Å². The molecule has 4 heteroatoms. The molecule has 0 aliphatic heterocycles. The maximum Gasteiger partial charge on any atom is 0.114 e. The summed E-state index contributed by atoms with van der Waals surface area (Å²) < 4.78 is 5.28. The highest BCUT2D eigenvalue weighted by atomic mass is 32.2. The number of hydrogen-bond acceptors (Lipinski definition) is 4. The largest absolute Gasteiger partial charge is 0.468 e. The molecule has 0 saturated heterocycles. The molecule has 110 valence electrons. The number of hydrogen-bond donors (Lipinski definition) is 2. The van der Waals surface area contributed by atoms with Gasteiger partial charge in [0.05, 0.1) is 12.9 Å². The van der Waals surface area contributed by atoms with E-state index in [0.717, 1.165) is 30.8 Å². The molecule has 3 nitrogen and oxygen atoms in total. The van der Waals surface area contributed by atoms with E-state index in [1.54, 1.807) is 6.26 Å². The van der Waals surface area contributed by atoms with Crippen LogP contribution in [0.25, 0.3) is 0 Å². The predicted molar refractivity (Wildman–Crippen MR) is 81.8 cm³/mol. The number of aliphatic hydroxyl groups excluding tert-OH is 1. The van der Waals surface area contributed by atoms with Crippen LogP contribution >= 0.6 is 11.8 Å². The topological polar surface area (TPSA) is 45.4 Å². The van der Waals surface area contributed by atoms with Crippen molar-refractivity contribution >= 4 is 11.8 Å². The molecule has 0 bridgehead atoms. The molecule has 0 fully saturated rings. The molecule has 0 radical (unpaired) electrons. The zero-order valence-electron chi connectivity index (χ0n) is 12.5. The first-order valence-corrected chi connectivity index (χ1v) is 8.07. The zero-order valence-corrected chi connectivity index (χ0v) is 13.3. The quantitative estimate of drug-likeness (QED) is 0.537. The van der Waals surface area contributed by atoms with Crippen LogP contribution in [0.5, 0.6) is 0 Å². The Bertz CT molecular complexity index is 359. The van der Waals surface area contributed by atoms with Crippen LogP contribution in [-0.4, -0.2) is 29.0 Å². The van der Waals surface area contributed by atoms with Gasteiger partial charge in [0.15, 0.2) is 0 Å². The number of rotatable bonds is 9. The molecule has 0 aromatic carbocycles. The van der Waals surface area contributed by atoms with E-state index in [9.17, 15) is 5.11 Å². The minimum Gasteiger partial charge on any atom is -0.468 e. The second-order valence-electron chi connectivity index (χ2n) is 5.38. The smallest absolute Gasteiger partial charge is 0.114 e. The average molecular weight is 285 g/mol. The van der Waals surface area contributed by atoms with Gasteiger partial charge in [-0.1, -0.05) is 20.8 Å². The molecular weight excluding hydrogens is 258 g/mol. The molecule has 0 spiro atoms. The third-order valence-corrected chi connectivity index (χ3v) is 4.67. The van der Waals surface area contributed by atoms with E-state index in [-0.39, 0.29) is 12.1 Å². The Morgan fingerprint density at radius 3 is 2.68 bits per heavy atom. The first-order chi connectivity index (χ1) is 9.03. The van der Waals surface area contributed by atoms with Crippen LogP contribution in [0.1, 0.15) is 45.8 Å². The Kier molecular flexibility index (Phi) is 6.97. The van der Waals surface area contributed by atoms with E-state index < -0.39 is 0 Å². The number of aryl methyl sites for hydroxylation is 1. The molecule has 0 aliphatic rings. The van der Waals surface area contributed by atoms with Gasteiger partial charge in [-0.25, -0.2) is 0 Å². The molecule has 1 rings (SSSR count). The number of furan rings is 1. The number of thioether (sulfide) groups is 1. The van der Waals surface area contributed by atoms with Crippen molar-refractivity contribution in [2.45, 2.75) is 63.4 Å². The third-order valence-electron chi connectivity index (χ3n) is 3.44.